The first kappa shape index (κ1) is 12.4. The molecule has 0 saturated heterocycles. The van der Waals surface area contributed by atoms with Gasteiger partial charge in [-0.15, -0.1) is 0 Å². The second kappa shape index (κ2) is 3.72. The molecule has 0 amide bonds. The first-order valence-electron chi connectivity index (χ1n) is 4.52. The summed E-state index contributed by atoms with van der Waals surface area (Å²) < 4.78 is 27.4. The Kier molecular flexibility index (Phi) is 3.08. The van der Waals surface area contributed by atoms with Crippen molar-refractivity contribution in [1.82, 2.24) is 0 Å². The molecule has 1 N–H and O–H groups in total. The van der Waals surface area contributed by atoms with Crippen LogP contribution in [0.3, 0.4) is 0 Å². The van der Waals surface area contributed by atoms with Crippen LogP contribution in [0.4, 0.5) is 8.78 Å². The summed E-state index contributed by atoms with van der Waals surface area (Å²) in [7, 11) is 0. The summed E-state index contributed by atoms with van der Waals surface area (Å²) >= 11 is 5.69. The largest absolute Gasteiger partial charge is 0.384 e. The van der Waals surface area contributed by atoms with Gasteiger partial charge in [-0.1, -0.05) is 11.6 Å². The number of benzene rings is 1. The second-order valence-corrected chi connectivity index (χ2v) is 4.59. The van der Waals surface area contributed by atoms with Gasteiger partial charge in [0.1, 0.15) is 5.60 Å². The van der Waals surface area contributed by atoms with Crippen LogP contribution in [-0.2, 0) is 5.92 Å². The molecule has 1 nitrogen and oxygen atoms in total. The highest BCUT2D eigenvalue weighted by molar-refractivity contribution is 6.30. The number of hydrogen-bond acceptors (Lipinski definition) is 1. The van der Waals surface area contributed by atoms with Crippen LogP contribution in [0.1, 0.15) is 25.0 Å². The van der Waals surface area contributed by atoms with E-state index in [4.69, 9.17) is 11.6 Å². The molecule has 0 fully saturated rings. The van der Waals surface area contributed by atoms with Crippen molar-refractivity contribution in [3.8, 4) is 0 Å². The smallest absolute Gasteiger partial charge is 0.300 e. The number of halogens is 3. The maximum Gasteiger partial charge on any atom is 0.300 e. The van der Waals surface area contributed by atoms with E-state index in [0.717, 1.165) is 13.8 Å². The SMILES string of the molecule is Cc1cc(Cl)cc(C(F)(F)C(C)(C)O)c1. The molecule has 84 valence electrons. The van der Waals surface area contributed by atoms with Gasteiger partial charge in [0.05, 0.1) is 0 Å². The van der Waals surface area contributed by atoms with Crippen LogP contribution < -0.4 is 0 Å². The Labute approximate surface area is 92.7 Å². The Hall–Kier alpha value is -0.670. The minimum Gasteiger partial charge on any atom is -0.384 e. The molecule has 0 spiro atoms. The van der Waals surface area contributed by atoms with Crippen molar-refractivity contribution in [3.63, 3.8) is 0 Å². The quantitative estimate of drug-likeness (QED) is 0.830. The fraction of sp³-hybridized carbons (Fsp3) is 0.455. The van der Waals surface area contributed by atoms with E-state index < -0.39 is 11.5 Å². The average Bonchev–Trinajstić information content (AvgIpc) is 1.99. The van der Waals surface area contributed by atoms with Gasteiger partial charge in [-0.25, -0.2) is 0 Å². The van der Waals surface area contributed by atoms with Gasteiger partial charge in [-0.05, 0) is 44.5 Å². The standard InChI is InChI=1S/C11H13ClF2O/c1-7-4-8(6-9(12)5-7)11(13,14)10(2,3)15/h4-6,15H,1-3H3. The molecular weight excluding hydrogens is 222 g/mol. The maximum atomic E-state index is 13.7. The van der Waals surface area contributed by atoms with E-state index in [1.54, 1.807) is 13.0 Å². The lowest BCUT2D eigenvalue weighted by molar-refractivity contribution is -0.168. The number of aliphatic hydroxyl groups is 1. The fourth-order valence-corrected chi connectivity index (χ4v) is 1.56. The molecule has 1 aromatic carbocycles. The summed E-state index contributed by atoms with van der Waals surface area (Å²) in [6, 6.07) is 4.09. The van der Waals surface area contributed by atoms with Crippen molar-refractivity contribution >= 4 is 11.6 Å². The normalized spacial score (nSPS) is 13.0. The first-order chi connectivity index (χ1) is 6.64. The van der Waals surface area contributed by atoms with Crippen molar-refractivity contribution in [3.05, 3.63) is 34.3 Å². The van der Waals surface area contributed by atoms with Gasteiger partial charge in [0.25, 0.3) is 0 Å². The van der Waals surface area contributed by atoms with Crippen LogP contribution in [0.15, 0.2) is 18.2 Å². The molecule has 0 atom stereocenters. The van der Waals surface area contributed by atoms with Gasteiger partial charge in [0.2, 0.25) is 0 Å². The lowest BCUT2D eigenvalue weighted by Gasteiger charge is -2.29. The molecule has 0 bridgehead atoms. The van der Waals surface area contributed by atoms with Gasteiger partial charge in [0, 0.05) is 10.6 Å². The van der Waals surface area contributed by atoms with Gasteiger partial charge in [-0.3, -0.25) is 0 Å². The zero-order valence-corrected chi connectivity index (χ0v) is 9.57. The summed E-state index contributed by atoms with van der Waals surface area (Å²) in [4.78, 5) is 0. The van der Waals surface area contributed by atoms with Crippen molar-refractivity contribution in [2.45, 2.75) is 32.3 Å². The van der Waals surface area contributed by atoms with E-state index in [0.29, 0.717) is 5.56 Å². The Balaban J connectivity index is 3.27. The zero-order valence-electron chi connectivity index (χ0n) is 8.81. The molecule has 1 rings (SSSR count). The predicted molar refractivity (Wildman–Crippen MR) is 56.4 cm³/mol. The molecule has 0 aliphatic carbocycles. The Bertz CT molecular complexity index is 349. The molecule has 15 heavy (non-hydrogen) atoms. The highest BCUT2D eigenvalue weighted by Gasteiger charge is 2.47. The monoisotopic (exact) mass is 234 g/mol. The minimum absolute atomic E-state index is 0.244. The van der Waals surface area contributed by atoms with Crippen molar-refractivity contribution in [2.24, 2.45) is 0 Å². The summed E-state index contributed by atoms with van der Waals surface area (Å²) in [6.45, 7) is 3.82. The van der Waals surface area contributed by atoms with Gasteiger partial charge >= 0.3 is 5.92 Å². The fourth-order valence-electron chi connectivity index (χ4n) is 1.27. The minimum atomic E-state index is -3.32. The van der Waals surface area contributed by atoms with Crippen LogP contribution in [0, 0.1) is 6.92 Å². The third-order valence-electron chi connectivity index (χ3n) is 2.17. The zero-order chi connectivity index (χ0) is 11.9. The number of alkyl halides is 2. The van der Waals surface area contributed by atoms with Gasteiger partial charge in [0.15, 0.2) is 0 Å². The molecule has 0 heterocycles. The highest BCUT2D eigenvalue weighted by Crippen LogP contribution is 2.39. The summed E-state index contributed by atoms with van der Waals surface area (Å²) in [5.74, 6) is -3.32. The molecule has 0 aliphatic rings. The van der Waals surface area contributed by atoms with Gasteiger partial charge < -0.3 is 5.11 Å². The van der Waals surface area contributed by atoms with Crippen LogP contribution in [-0.4, -0.2) is 10.7 Å². The summed E-state index contributed by atoms with van der Waals surface area (Å²) in [5, 5.41) is 9.63. The molecule has 4 heteroatoms. The van der Waals surface area contributed by atoms with E-state index >= 15 is 0 Å². The van der Waals surface area contributed by atoms with Crippen LogP contribution in [0.25, 0.3) is 0 Å². The van der Waals surface area contributed by atoms with E-state index in [1.165, 1.54) is 12.1 Å². The number of hydrogen-bond donors (Lipinski definition) is 1. The molecule has 0 radical (unpaired) electrons. The topological polar surface area (TPSA) is 20.2 Å². The van der Waals surface area contributed by atoms with Crippen molar-refractivity contribution in [2.75, 3.05) is 0 Å². The van der Waals surface area contributed by atoms with Crippen molar-refractivity contribution in [1.29, 1.82) is 0 Å². The lowest BCUT2D eigenvalue weighted by atomic mass is 9.93. The third kappa shape index (κ3) is 2.47. The number of aryl methyl sites for hydroxylation is 1. The predicted octanol–water partition coefficient (Wildman–Crippen LogP) is 3.51. The maximum absolute atomic E-state index is 13.7. The van der Waals surface area contributed by atoms with Gasteiger partial charge in [-0.2, -0.15) is 8.78 Å². The Morgan fingerprint density at radius 2 is 1.73 bits per heavy atom. The van der Waals surface area contributed by atoms with E-state index in [1.807, 2.05) is 0 Å². The molecule has 0 aliphatic heterocycles. The summed E-state index contributed by atoms with van der Waals surface area (Å²) in [5.41, 5.74) is -1.73. The lowest BCUT2D eigenvalue weighted by Crippen LogP contribution is -2.40. The van der Waals surface area contributed by atoms with Crippen LogP contribution in [0.2, 0.25) is 5.02 Å². The molecule has 0 saturated carbocycles. The Morgan fingerprint density at radius 3 is 2.13 bits per heavy atom. The van der Waals surface area contributed by atoms with E-state index in [2.05, 4.69) is 0 Å². The summed E-state index contributed by atoms with van der Waals surface area (Å²) in [6.07, 6.45) is 0. The molecular formula is C11H13ClF2O. The Morgan fingerprint density at radius 1 is 1.20 bits per heavy atom. The average molecular weight is 235 g/mol. The van der Waals surface area contributed by atoms with Crippen LogP contribution in [0.5, 0.6) is 0 Å². The van der Waals surface area contributed by atoms with Crippen molar-refractivity contribution < 1.29 is 13.9 Å². The molecule has 0 aromatic heterocycles. The number of rotatable bonds is 2. The van der Waals surface area contributed by atoms with E-state index in [9.17, 15) is 13.9 Å². The highest BCUT2D eigenvalue weighted by atomic mass is 35.5. The first-order valence-corrected chi connectivity index (χ1v) is 4.90. The molecule has 0 unspecified atom stereocenters. The molecule has 1 aromatic rings. The van der Waals surface area contributed by atoms with Crippen LogP contribution >= 0.6 is 11.6 Å². The van der Waals surface area contributed by atoms with E-state index in [-0.39, 0.29) is 10.6 Å². The third-order valence-corrected chi connectivity index (χ3v) is 2.39. The second-order valence-electron chi connectivity index (χ2n) is 4.15.